The Labute approximate surface area is 163 Å². The molecule has 5 nitrogen and oxygen atoms in total. The molecule has 0 spiro atoms. The van der Waals surface area contributed by atoms with Crippen molar-refractivity contribution < 1.29 is 9.84 Å². The maximum atomic E-state index is 10.2. The molecule has 140 valence electrons. The summed E-state index contributed by atoms with van der Waals surface area (Å²) in [6, 6.07) is 17.7. The van der Waals surface area contributed by atoms with E-state index >= 15 is 0 Å². The Kier molecular flexibility index (Phi) is 6.68. The van der Waals surface area contributed by atoms with Gasteiger partial charge in [-0.1, -0.05) is 65.9 Å². The molecule has 0 aliphatic carbocycles. The number of allylic oxidation sites excluding steroid dienone is 1. The van der Waals surface area contributed by atoms with Gasteiger partial charge < -0.3 is 9.84 Å². The Hall–Kier alpha value is -2.57. The first-order chi connectivity index (χ1) is 13.2. The molecule has 0 radical (unpaired) electrons. The Bertz CT molecular complexity index is 863. The monoisotopic (exact) mass is 381 g/mol. The second-order valence-electron chi connectivity index (χ2n) is 6.16. The van der Waals surface area contributed by atoms with Crippen molar-refractivity contribution in [1.82, 2.24) is 14.8 Å². The van der Waals surface area contributed by atoms with E-state index < -0.39 is 6.10 Å². The summed E-state index contributed by atoms with van der Waals surface area (Å²) in [4.78, 5) is 0. The number of nitrogens with zero attached hydrogens (tertiary/aromatic N) is 3. The van der Waals surface area contributed by atoms with Crippen LogP contribution in [0.15, 0.2) is 72.4 Å². The number of aromatic nitrogens is 3. The molecule has 1 N–H and O–H groups in total. The van der Waals surface area contributed by atoms with Gasteiger partial charge in [0.1, 0.15) is 12.4 Å². The molecule has 1 heterocycles. The molecule has 0 saturated heterocycles. The quantitative estimate of drug-likeness (QED) is 0.449. The number of thioether (sulfide) groups is 1. The van der Waals surface area contributed by atoms with Crippen LogP contribution in [0.3, 0.4) is 0 Å². The van der Waals surface area contributed by atoms with Crippen molar-refractivity contribution in [1.29, 1.82) is 0 Å². The predicted octanol–water partition coefficient (Wildman–Crippen LogP) is 3.97. The zero-order valence-electron chi connectivity index (χ0n) is 15.3. The minimum Gasteiger partial charge on any atom is -0.491 e. The molecule has 0 saturated carbocycles. The highest BCUT2D eigenvalue weighted by Crippen LogP contribution is 2.24. The largest absolute Gasteiger partial charge is 0.491 e. The van der Waals surface area contributed by atoms with Gasteiger partial charge in [-0.3, -0.25) is 4.57 Å². The van der Waals surface area contributed by atoms with E-state index in [4.69, 9.17) is 4.74 Å². The fraction of sp³-hybridized carbons (Fsp3) is 0.238. The molecule has 1 atom stereocenters. The Balaban J connectivity index is 1.60. The van der Waals surface area contributed by atoms with Crippen LogP contribution in [0.4, 0.5) is 0 Å². The highest BCUT2D eigenvalue weighted by Gasteiger charge is 2.15. The van der Waals surface area contributed by atoms with Gasteiger partial charge >= 0.3 is 0 Å². The van der Waals surface area contributed by atoms with Crippen LogP contribution >= 0.6 is 11.8 Å². The molecule has 0 fully saturated rings. The molecule has 0 aliphatic heterocycles. The summed E-state index contributed by atoms with van der Waals surface area (Å²) in [5.74, 6) is 2.02. The molecule has 0 aliphatic rings. The highest BCUT2D eigenvalue weighted by molar-refractivity contribution is 7.99. The Morgan fingerprint density at radius 1 is 1.15 bits per heavy atom. The number of aliphatic hydroxyl groups is 1. The van der Waals surface area contributed by atoms with Crippen LogP contribution in [0.1, 0.15) is 5.56 Å². The van der Waals surface area contributed by atoms with Gasteiger partial charge in [0.2, 0.25) is 0 Å². The number of aryl methyl sites for hydroxylation is 1. The molecule has 6 heteroatoms. The number of hydrogen-bond donors (Lipinski definition) is 1. The zero-order valence-corrected chi connectivity index (χ0v) is 16.1. The van der Waals surface area contributed by atoms with Crippen LogP contribution in [0, 0.1) is 6.92 Å². The van der Waals surface area contributed by atoms with Gasteiger partial charge in [0.25, 0.3) is 0 Å². The third kappa shape index (κ3) is 5.21. The zero-order chi connectivity index (χ0) is 19.1. The van der Waals surface area contributed by atoms with E-state index in [1.165, 1.54) is 17.3 Å². The first-order valence-electron chi connectivity index (χ1n) is 8.77. The van der Waals surface area contributed by atoms with Gasteiger partial charge in [-0.25, -0.2) is 0 Å². The third-order valence-corrected chi connectivity index (χ3v) is 5.04. The Morgan fingerprint density at radius 3 is 2.59 bits per heavy atom. The maximum absolute atomic E-state index is 10.2. The van der Waals surface area contributed by atoms with Crippen molar-refractivity contribution in [3.05, 3.63) is 72.8 Å². The topological polar surface area (TPSA) is 60.2 Å². The number of rotatable bonds is 9. The van der Waals surface area contributed by atoms with Crippen molar-refractivity contribution in [3.8, 4) is 17.1 Å². The summed E-state index contributed by atoms with van der Waals surface area (Å²) in [5, 5.41) is 19.6. The summed E-state index contributed by atoms with van der Waals surface area (Å²) in [6.07, 6.45) is 1.21. The van der Waals surface area contributed by atoms with Crippen LogP contribution < -0.4 is 4.74 Å². The van der Waals surface area contributed by atoms with Gasteiger partial charge in [0.15, 0.2) is 11.0 Å². The minimum absolute atomic E-state index is 0.233. The molecule has 27 heavy (non-hydrogen) atoms. The molecule has 3 aromatic rings. The van der Waals surface area contributed by atoms with E-state index in [1.54, 1.807) is 0 Å². The van der Waals surface area contributed by atoms with E-state index in [0.717, 1.165) is 22.3 Å². The van der Waals surface area contributed by atoms with Crippen molar-refractivity contribution in [2.24, 2.45) is 0 Å². The Morgan fingerprint density at radius 2 is 1.89 bits per heavy atom. The summed E-state index contributed by atoms with van der Waals surface area (Å²) in [6.45, 7) is 6.69. The van der Waals surface area contributed by atoms with Crippen LogP contribution in [0.25, 0.3) is 11.4 Å². The lowest BCUT2D eigenvalue weighted by Crippen LogP contribution is -2.20. The van der Waals surface area contributed by atoms with Crippen molar-refractivity contribution >= 4 is 11.8 Å². The molecule has 0 bridgehead atoms. The number of aliphatic hydroxyl groups excluding tert-OH is 1. The predicted molar refractivity (Wildman–Crippen MR) is 109 cm³/mol. The van der Waals surface area contributed by atoms with Gasteiger partial charge in [-0.2, -0.15) is 0 Å². The average Bonchev–Trinajstić information content (AvgIpc) is 3.09. The van der Waals surface area contributed by atoms with E-state index in [1.807, 2.05) is 72.2 Å². The standard InChI is InChI=1S/C21H23N3O2S/c1-3-13-24-20(17-7-5-4-6-8-17)22-23-21(24)27-15-18(25)14-26-19-11-9-16(2)10-12-19/h3-12,18,25H,1,13-15H2,2H3/t18-/m0/s1. The molecular weight excluding hydrogens is 358 g/mol. The van der Waals surface area contributed by atoms with Crippen molar-refractivity contribution in [2.45, 2.75) is 24.7 Å². The van der Waals surface area contributed by atoms with Crippen molar-refractivity contribution in [2.75, 3.05) is 12.4 Å². The second kappa shape index (κ2) is 9.39. The third-order valence-electron chi connectivity index (χ3n) is 3.93. The lowest BCUT2D eigenvalue weighted by molar-refractivity contribution is 0.126. The lowest BCUT2D eigenvalue weighted by atomic mass is 10.2. The molecule has 3 rings (SSSR count). The summed E-state index contributed by atoms with van der Waals surface area (Å²) in [7, 11) is 0. The summed E-state index contributed by atoms with van der Waals surface area (Å²) >= 11 is 1.46. The van der Waals surface area contributed by atoms with Gasteiger partial charge in [-0.15, -0.1) is 16.8 Å². The SMILES string of the molecule is C=CCn1c(SC[C@@H](O)COc2ccc(C)cc2)nnc1-c1ccccc1. The van der Waals surface area contributed by atoms with Gasteiger partial charge in [0.05, 0.1) is 6.10 Å². The van der Waals surface area contributed by atoms with Crippen molar-refractivity contribution in [3.63, 3.8) is 0 Å². The lowest BCUT2D eigenvalue weighted by Gasteiger charge is -2.13. The highest BCUT2D eigenvalue weighted by atomic mass is 32.2. The van der Waals surface area contributed by atoms with E-state index in [9.17, 15) is 5.11 Å². The molecular formula is C21H23N3O2S. The second-order valence-corrected chi connectivity index (χ2v) is 7.15. The first-order valence-corrected chi connectivity index (χ1v) is 9.76. The van der Waals surface area contributed by atoms with Gasteiger partial charge in [0, 0.05) is 17.9 Å². The summed E-state index contributed by atoms with van der Waals surface area (Å²) < 4.78 is 7.64. The smallest absolute Gasteiger partial charge is 0.191 e. The van der Waals surface area contributed by atoms with Crippen LogP contribution in [0.5, 0.6) is 5.75 Å². The van der Waals surface area contributed by atoms with E-state index in [-0.39, 0.29) is 6.61 Å². The fourth-order valence-electron chi connectivity index (χ4n) is 2.54. The van der Waals surface area contributed by atoms with Crippen LogP contribution in [-0.4, -0.2) is 38.3 Å². The number of hydrogen-bond acceptors (Lipinski definition) is 5. The number of benzene rings is 2. The van der Waals surface area contributed by atoms with E-state index in [2.05, 4.69) is 16.8 Å². The normalized spacial score (nSPS) is 11.9. The number of ether oxygens (including phenoxy) is 1. The summed E-state index contributed by atoms with van der Waals surface area (Å²) in [5.41, 5.74) is 2.18. The molecule has 0 unspecified atom stereocenters. The van der Waals surface area contributed by atoms with Gasteiger partial charge in [-0.05, 0) is 19.1 Å². The molecule has 2 aromatic carbocycles. The molecule has 1 aromatic heterocycles. The first kappa shape index (κ1) is 19.2. The fourth-order valence-corrected chi connectivity index (χ4v) is 3.39. The van der Waals surface area contributed by atoms with Crippen LogP contribution in [-0.2, 0) is 6.54 Å². The average molecular weight is 382 g/mol. The maximum Gasteiger partial charge on any atom is 0.191 e. The van der Waals surface area contributed by atoms with E-state index in [0.29, 0.717) is 12.3 Å². The van der Waals surface area contributed by atoms with Crippen LogP contribution in [0.2, 0.25) is 0 Å². The molecule has 0 amide bonds. The minimum atomic E-state index is -0.606.